The average Bonchev–Trinajstić information content (AvgIpc) is 2.39. The fraction of sp³-hybridized carbons (Fsp3) is 0.143. The molecule has 0 aliphatic heterocycles. The second kappa shape index (κ2) is 6.04. The molecule has 0 atom stereocenters. The monoisotopic (exact) mass is 265 g/mol. The smallest absolute Gasteiger partial charge is 0.387 e. The van der Waals surface area contributed by atoms with Gasteiger partial charge in [-0.05, 0) is 29.8 Å². The summed E-state index contributed by atoms with van der Waals surface area (Å²) in [6, 6.07) is 13.1. The highest BCUT2D eigenvalue weighted by Crippen LogP contribution is 2.26. The van der Waals surface area contributed by atoms with Crippen molar-refractivity contribution >= 4 is 5.69 Å². The van der Waals surface area contributed by atoms with Gasteiger partial charge in [-0.15, -0.1) is 0 Å². The zero-order valence-corrected chi connectivity index (χ0v) is 10.0. The summed E-state index contributed by atoms with van der Waals surface area (Å²) in [5, 5.41) is 12.2. The van der Waals surface area contributed by atoms with E-state index < -0.39 is 6.61 Å². The molecule has 5 heteroatoms. The predicted octanol–water partition coefficient (Wildman–Crippen LogP) is 3.61. The number of benzene rings is 2. The number of aromatic hydroxyl groups is 1. The Kier molecular flexibility index (Phi) is 4.18. The number of alkyl halides is 2. The van der Waals surface area contributed by atoms with Crippen LogP contribution in [0.15, 0.2) is 48.5 Å². The minimum absolute atomic E-state index is 0.108. The van der Waals surface area contributed by atoms with Crippen LogP contribution in [0.4, 0.5) is 14.5 Å². The van der Waals surface area contributed by atoms with Crippen molar-refractivity contribution in [3.05, 3.63) is 54.1 Å². The van der Waals surface area contributed by atoms with Crippen LogP contribution in [0.5, 0.6) is 11.5 Å². The van der Waals surface area contributed by atoms with Crippen LogP contribution in [0.3, 0.4) is 0 Å². The van der Waals surface area contributed by atoms with Gasteiger partial charge in [0.25, 0.3) is 0 Å². The van der Waals surface area contributed by atoms with Gasteiger partial charge < -0.3 is 15.2 Å². The summed E-state index contributed by atoms with van der Waals surface area (Å²) in [5.41, 5.74) is 1.42. The molecule has 3 nitrogen and oxygen atoms in total. The van der Waals surface area contributed by atoms with Gasteiger partial charge in [0.05, 0.1) is 5.69 Å². The number of halogens is 2. The molecule has 2 N–H and O–H groups in total. The second-order valence-corrected chi connectivity index (χ2v) is 3.89. The third-order valence-electron chi connectivity index (χ3n) is 2.52. The van der Waals surface area contributed by atoms with Crippen molar-refractivity contribution in [1.29, 1.82) is 0 Å². The highest BCUT2D eigenvalue weighted by atomic mass is 19.3. The van der Waals surface area contributed by atoms with Gasteiger partial charge >= 0.3 is 6.61 Å². The summed E-state index contributed by atoms with van der Waals surface area (Å²) in [6.07, 6.45) is 0. The fourth-order valence-electron chi connectivity index (χ4n) is 1.62. The molecular formula is C14H13F2NO2. The Morgan fingerprint density at radius 1 is 1.05 bits per heavy atom. The number of phenols is 1. The molecule has 0 fully saturated rings. The quantitative estimate of drug-likeness (QED) is 0.867. The van der Waals surface area contributed by atoms with Gasteiger partial charge in [-0.1, -0.05) is 24.3 Å². The van der Waals surface area contributed by atoms with Gasteiger partial charge in [0.15, 0.2) is 0 Å². The van der Waals surface area contributed by atoms with Crippen LogP contribution in [-0.2, 0) is 6.54 Å². The summed E-state index contributed by atoms with van der Waals surface area (Å²) < 4.78 is 28.9. The number of nitrogens with one attached hydrogen (secondary N) is 1. The molecule has 0 radical (unpaired) electrons. The number of ether oxygens (including phenoxy) is 1. The molecule has 0 heterocycles. The Morgan fingerprint density at radius 3 is 2.42 bits per heavy atom. The zero-order valence-electron chi connectivity index (χ0n) is 10.0. The van der Waals surface area contributed by atoms with Crippen LogP contribution in [-0.4, -0.2) is 11.7 Å². The Labute approximate surface area is 109 Å². The Morgan fingerprint density at radius 2 is 1.74 bits per heavy atom. The van der Waals surface area contributed by atoms with E-state index in [1.54, 1.807) is 42.5 Å². The van der Waals surface area contributed by atoms with E-state index >= 15 is 0 Å². The Bertz CT molecular complexity index is 529. The number of para-hydroxylation sites is 2. The molecule has 0 aromatic heterocycles. The molecule has 19 heavy (non-hydrogen) atoms. The second-order valence-electron chi connectivity index (χ2n) is 3.89. The number of rotatable bonds is 5. The standard InChI is InChI=1S/C14H13F2NO2/c15-14(16)19-13-4-2-1-3-12(13)17-9-10-5-7-11(18)8-6-10/h1-8,14,17-18H,9H2. The molecule has 0 saturated heterocycles. The zero-order chi connectivity index (χ0) is 13.7. The summed E-state index contributed by atoms with van der Waals surface area (Å²) in [6.45, 7) is -2.40. The summed E-state index contributed by atoms with van der Waals surface area (Å²) in [5.74, 6) is 0.293. The van der Waals surface area contributed by atoms with Gasteiger partial charge in [-0.3, -0.25) is 0 Å². The van der Waals surface area contributed by atoms with Crippen LogP contribution in [0.2, 0.25) is 0 Å². The molecule has 0 unspecified atom stereocenters. The maximum Gasteiger partial charge on any atom is 0.387 e. The molecule has 100 valence electrons. The predicted molar refractivity (Wildman–Crippen MR) is 68.5 cm³/mol. The van der Waals surface area contributed by atoms with Gasteiger partial charge in [-0.25, -0.2) is 0 Å². The fourth-order valence-corrected chi connectivity index (χ4v) is 1.62. The first kappa shape index (κ1) is 13.1. The van der Waals surface area contributed by atoms with E-state index in [9.17, 15) is 8.78 Å². The summed E-state index contributed by atoms with van der Waals surface area (Å²) >= 11 is 0. The van der Waals surface area contributed by atoms with Crippen molar-refractivity contribution in [1.82, 2.24) is 0 Å². The van der Waals surface area contributed by atoms with Gasteiger partial charge in [-0.2, -0.15) is 8.78 Å². The van der Waals surface area contributed by atoms with E-state index in [4.69, 9.17) is 5.11 Å². The number of anilines is 1. The minimum atomic E-state index is -2.85. The van der Waals surface area contributed by atoms with Crippen molar-refractivity contribution in [2.45, 2.75) is 13.2 Å². The van der Waals surface area contributed by atoms with Crippen molar-refractivity contribution in [3.63, 3.8) is 0 Å². The van der Waals surface area contributed by atoms with Crippen LogP contribution in [0.25, 0.3) is 0 Å². The molecule has 2 aromatic carbocycles. The van der Waals surface area contributed by atoms with Gasteiger partial charge in [0, 0.05) is 6.54 Å². The SMILES string of the molecule is Oc1ccc(CNc2ccccc2OC(F)F)cc1. The minimum Gasteiger partial charge on any atom is -0.508 e. The molecule has 0 bridgehead atoms. The van der Waals surface area contributed by atoms with E-state index in [1.165, 1.54) is 6.07 Å². The van der Waals surface area contributed by atoms with Crippen LogP contribution < -0.4 is 10.1 Å². The molecule has 0 aliphatic carbocycles. The average molecular weight is 265 g/mol. The first-order valence-electron chi connectivity index (χ1n) is 5.71. The van der Waals surface area contributed by atoms with Crippen molar-refractivity contribution in [3.8, 4) is 11.5 Å². The van der Waals surface area contributed by atoms with Crippen LogP contribution in [0.1, 0.15) is 5.56 Å². The van der Waals surface area contributed by atoms with E-state index in [0.29, 0.717) is 12.2 Å². The van der Waals surface area contributed by atoms with E-state index in [0.717, 1.165) is 5.56 Å². The van der Waals surface area contributed by atoms with Crippen molar-refractivity contribution in [2.75, 3.05) is 5.32 Å². The summed E-state index contributed by atoms with van der Waals surface area (Å²) in [7, 11) is 0. The number of phenolic OH excluding ortho intramolecular Hbond substituents is 1. The highest BCUT2D eigenvalue weighted by molar-refractivity contribution is 5.56. The van der Waals surface area contributed by atoms with Gasteiger partial charge in [0.2, 0.25) is 0 Å². The van der Waals surface area contributed by atoms with Crippen molar-refractivity contribution < 1.29 is 18.6 Å². The van der Waals surface area contributed by atoms with E-state index in [1.807, 2.05) is 0 Å². The lowest BCUT2D eigenvalue weighted by Gasteiger charge is -2.12. The maximum atomic E-state index is 12.2. The molecule has 0 amide bonds. The lowest BCUT2D eigenvalue weighted by molar-refractivity contribution is -0.0493. The molecule has 0 saturated carbocycles. The molecule has 2 aromatic rings. The normalized spacial score (nSPS) is 10.5. The third-order valence-corrected chi connectivity index (χ3v) is 2.52. The molecule has 0 aliphatic rings. The molecule has 0 spiro atoms. The first-order valence-corrected chi connectivity index (χ1v) is 5.71. The van der Waals surface area contributed by atoms with Crippen LogP contribution >= 0.6 is 0 Å². The summed E-state index contributed by atoms with van der Waals surface area (Å²) in [4.78, 5) is 0. The molecule has 2 rings (SSSR count). The van der Waals surface area contributed by atoms with Gasteiger partial charge in [0.1, 0.15) is 11.5 Å². The lowest BCUT2D eigenvalue weighted by Crippen LogP contribution is -2.06. The Balaban J connectivity index is 2.04. The van der Waals surface area contributed by atoms with E-state index in [2.05, 4.69) is 10.1 Å². The largest absolute Gasteiger partial charge is 0.508 e. The Hall–Kier alpha value is -2.30. The van der Waals surface area contributed by atoms with Crippen LogP contribution in [0, 0.1) is 0 Å². The maximum absolute atomic E-state index is 12.2. The van der Waals surface area contributed by atoms with Crippen molar-refractivity contribution in [2.24, 2.45) is 0 Å². The first-order chi connectivity index (χ1) is 9.15. The topological polar surface area (TPSA) is 41.5 Å². The highest BCUT2D eigenvalue weighted by Gasteiger charge is 2.08. The lowest BCUT2D eigenvalue weighted by atomic mass is 10.2. The third kappa shape index (κ3) is 3.84. The number of hydrogen-bond acceptors (Lipinski definition) is 3. The number of hydrogen-bond donors (Lipinski definition) is 2. The molecular weight excluding hydrogens is 252 g/mol. The van der Waals surface area contributed by atoms with E-state index in [-0.39, 0.29) is 11.5 Å².